The first-order valence-electron chi connectivity index (χ1n) is 15.2. The molecule has 3 unspecified atom stereocenters. The van der Waals surface area contributed by atoms with Gasteiger partial charge in [0.1, 0.15) is 11.6 Å². The molecule has 0 spiro atoms. The Morgan fingerprint density at radius 1 is 0.810 bits per heavy atom. The zero-order chi connectivity index (χ0) is 28.5. The van der Waals surface area contributed by atoms with E-state index in [1.54, 1.807) is 0 Å². The van der Waals surface area contributed by atoms with Crippen molar-refractivity contribution in [2.75, 3.05) is 23.3 Å². The summed E-state index contributed by atoms with van der Waals surface area (Å²) in [6, 6.07) is 24.3. The third-order valence-corrected chi connectivity index (χ3v) is 9.04. The van der Waals surface area contributed by atoms with Gasteiger partial charge in [0.25, 0.3) is 0 Å². The predicted molar refractivity (Wildman–Crippen MR) is 164 cm³/mol. The summed E-state index contributed by atoms with van der Waals surface area (Å²) < 4.78 is 13.9. The molecule has 0 bridgehead atoms. The number of nitrogens with one attached hydrogen (secondary N) is 4. The van der Waals surface area contributed by atoms with Crippen LogP contribution in [-0.2, 0) is 4.79 Å². The molecular formula is C34H37FN6O. The second kappa shape index (κ2) is 11.7. The molecule has 42 heavy (non-hydrogen) atoms. The number of hydrogen-bond donors (Lipinski definition) is 4. The minimum Gasteiger partial charge on any atom is -0.357 e. The molecule has 3 aromatic carbocycles. The molecule has 7 rings (SSSR count). The number of benzene rings is 3. The summed E-state index contributed by atoms with van der Waals surface area (Å²) in [4.78, 5) is 23.1. The summed E-state index contributed by atoms with van der Waals surface area (Å²) >= 11 is 0. The molecule has 8 heteroatoms. The second-order valence-electron chi connectivity index (χ2n) is 11.7. The highest BCUT2D eigenvalue weighted by molar-refractivity contribution is 5.95. The summed E-state index contributed by atoms with van der Waals surface area (Å²) in [5.74, 6) is 0.798. The van der Waals surface area contributed by atoms with E-state index in [4.69, 9.17) is 0 Å². The van der Waals surface area contributed by atoms with Crippen molar-refractivity contribution >= 4 is 17.3 Å². The van der Waals surface area contributed by atoms with Crippen molar-refractivity contribution in [3.8, 4) is 11.3 Å². The highest BCUT2D eigenvalue weighted by Crippen LogP contribution is 2.47. The Kier molecular flexibility index (Phi) is 7.48. The van der Waals surface area contributed by atoms with Gasteiger partial charge in [0.05, 0.1) is 36.1 Å². The summed E-state index contributed by atoms with van der Waals surface area (Å²) in [5.41, 5.74) is 6.36. The average molecular weight is 565 g/mol. The third-order valence-electron chi connectivity index (χ3n) is 9.04. The van der Waals surface area contributed by atoms with Crippen LogP contribution in [0.5, 0.6) is 0 Å². The van der Waals surface area contributed by atoms with E-state index in [0.29, 0.717) is 6.04 Å². The molecule has 0 aliphatic carbocycles. The Morgan fingerprint density at radius 2 is 1.48 bits per heavy atom. The molecule has 216 valence electrons. The number of rotatable bonds is 7. The number of hydrogen-bond acceptors (Lipinski definition) is 5. The number of aromatic amines is 1. The molecule has 4 aromatic rings. The van der Waals surface area contributed by atoms with Gasteiger partial charge in [-0.05, 0) is 105 Å². The van der Waals surface area contributed by atoms with Crippen molar-refractivity contribution in [1.82, 2.24) is 20.6 Å². The molecular weight excluding hydrogens is 527 g/mol. The standard InChI is InChI=1S/C34H37FN6O/c35-25-11-15-27(16-12-25)41-31(23-7-5-22(6-8-23)30-21-38-33(40-30)28-3-1-19-36-28)17-18-32(41)24-9-13-26(14-10-24)39-34(42)29-4-2-20-37-29/h5-16,21,28-29,31-32,36-37H,1-4,17-20H2,(H,38,40)(H,39,42)/t28-,29?,31?,32?/m0/s1. The highest BCUT2D eigenvalue weighted by Gasteiger charge is 2.35. The van der Waals surface area contributed by atoms with Gasteiger partial charge in [-0.2, -0.15) is 0 Å². The van der Waals surface area contributed by atoms with E-state index < -0.39 is 0 Å². The quantitative estimate of drug-likeness (QED) is 0.208. The first kappa shape index (κ1) is 26.9. The summed E-state index contributed by atoms with van der Waals surface area (Å²) in [6.07, 6.45) is 8.09. The van der Waals surface area contributed by atoms with Crippen molar-refractivity contribution in [2.24, 2.45) is 0 Å². The van der Waals surface area contributed by atoms with E-state index in [1.807, 2.05) is 30.5 Å². The summed E-state index contributed by atoms with van der Waals surface area (Å²) in [7, 11) is 0. The maximum absolute atomic E-state index is 13.9. The van der Waals surface area contributed by atoms with E-state index in [9.17, 15) is 9.18 Å². The van der Waals surface area contributed by atoms with Gasteiger partial charge in [-0.1, -0.05) is 36.4 Å². The lowest BCUT2D eigenvalue weighted by molar-refractivity contribution is -0.117. The highest BCUT2D eigenvalue weighted by atomic mass is 19.1. The molecule has 3 fully saturated rings. The number of imidazole rings is 1. The number of carbonyl (C=O) groups excluding carboxylic acids is 1. The van der Waals surface area contributed by atoms with Crippen LogP contribution < -0.4 is 20.9 Å². The molecule has 4 N–H and O–H groups in total. The number of carbonyl (C=O) groups is 1. The van der Waals surface area contributed by atoms with Crippen LogP contribution in [0.25, 0.3) is 11.3 Å². The van der Waals surface area contributed by atoms with Crippen LogP contribution in [0.3, 0.4) is 0 Å². The maximum Gasteiger partial charge on any atom is 0.241 e. The number of halogens is 1. The molecule has 0 saturated carbocycles. The zero-order valence-corrected chi connectivity index (χ0v) is 23.7. The fourth-order valence-electron chi connectivity index (χ4n) is 6.83. The Bertz CT molecular complexity index is 1510. The van der Waals surface area contributed by atoms with E-state index >= 15 is 0 Å². The number of H-pyrrole nitrogens is 1. The van der Waals surface area contributed by atoms with Crippen LogP contribution in [0.1, 0.15) is 73.6 Å². The molecule has 3 aliphatic heterocycles. The lowest BCUT2D eigenvalue weighted by Crippen LogP contribution is -2.35. The minimum atomic E-state index is -0.237. The minimum absolute atomic E-state index is 0.0270. The third kappa shape index (κ3) is 5.44. The van der Waals surface area contributed by atoms with E-state index in [0.717, 1.165) is 73.7 Å². The van der Waals surface area contributed by atoms with Crippen molar-refractivity contribution in [2.45, 2.75) is 62.7 Å². The molecule has 0 radical (unpaired) electrons. The van der Waals surface area contributed by atoms with Crippen LogP contribution in [-0.4, -0.2) is 35.0 Å². The Hall–Kier alpha value is -4.01. The van der Waals surface area contributed by atoms with Gasteiger partial charge in [0.2, 0.25) is 5.91 Å². The van der Waals surface area contributed by atoms with Crippen LogP contribution in [0.2, 0.25) is 0 Å². The molecule has 7 nitrogen and oxygen atoms in total. The van der Waals surface area contributed by atoms with Gasteiger partial charge in [-0.25, -0.2) is 9.37 Å². The topological polar surface area (TPSA) is 85.1 Å². The van der Waals surface area contributed by atoms with Crippen LogP contribution in [0.15, 0.2) is 79.0 Å². The van der Waals surface area contributed by atoms with Gasteiger partial charge in [0.15, 0.2) is 0 Å². The Labute approximate surface area is 245 Å². The lowest BCUT2D eigenvalue weighted by Gasteiger charge is -2.33. The Balaban J connectivity index is 1.12. The molecule has 1 amide bonds. The molecule has 3 aliphatic rings. The van der Waals surface area contributed by atoms with Gasteiger partial charge in [0, 0.05) is 11.4 Å². The first-order valence-corrected chi connectivity index (χ1v) is 15.2. The van der Waals surface area contributed by atoms with Gasteiger partial charge in [-0.15, -0.1) is 0 Å². The number of nitrogens with zero attached hydrogens (tertiary/aromatic N) is 2. The van der Waals surface area contributed by atoms with Crippen molar-refractivity contribution < 1.29 is 9.18 Å². The van der Waals surface area contributed by atoms with Crippen LogP contribution >= 0.6 is 0 Å². The number of amides is 1. The SMILES string of the molecule is O=C(Nc1ccc(C2CCC(c3ccc(-c4cnc([C@@H]5CCCN5)[nH]4)cc3)N2c2ccc(F)cc2)cc1)C1CCCN1. The monoisotopic (exact) mass is 564 g/mol. The molecule has 3 saturated heterocycles. The zero-order valence-electron chi connectivity index (χ0n) is 23.7. The smallest absolute Gasteiger partial charge is 0.241 e. The lowest BCUT2D eigenvalue weighted by atomic mass is 10.0. The van der Waals surface area contributed by atoms with Gasteiger partial charge in [-0.3, -0.25) is 4.79 Å². The van der Waals surface area contributed by atoms with E-state index in [2.05, 4.69) is 67.2 Å². The Morgan fingerprint density at radius 3 is 2.12 bits per heavy atom. The predicted octanol–water partition coefficient (Wildman–Crippen LogP) is 6.41. The average Bonchev–Trinajstić information content (AvgIpc) is 3.85. The largest absolute Gasteiger partial charge is 0.357 e. The van der Waals surface area contributed by atoms with Crippen LogP contribution in [0.4, 0.5) is 15.8 Å². The molecule has 1 aromatic heterocycles. The fraction of sp³-hybridized carbons (Fsp3) is 0.353. The second-order valence-corrected chi connectivity index (χ2v) is 11.7. The van der Waals surface area contributed by atoms with Crippen LogP contribution in [0, 0.1) is 5.82 Å². The summed E-state index contributed by atoms with van der Waals surface area (Å²) in [5, 5.41) is 9.81. The normalized spacial score (nSPS) is 23.9. The fourth-order valence-corrected chi connectivity index (χ4v) is 6.83. The first-order chi connectivity index (χ1) is 20.6. The van der Waals surface area contributed by atoms with E-state index in [1.165, 1.54) is 29.7 Å². The number of anilines is 2. The number of aromatic nitrogens is 2. The van der Waals surface area contributed by atoms with Crippen molar-refractivity contribution in [3.05, 3.63) is 102 Å². The maximum atomic E-state index is 13.9. The van der Waals surface area contributed by atoms with E-state index in [-0.39, 0.29) is 29.8 Å². The van der Waals surface area contributed by atoms with Gasteiger partial charge < -0.3 is 25.8 Å². The van der Waals surface area contributed by atoms with Crippen molar-refractivity contribution in [3.63, 3.8) is 0 Å². The molecule has 4 atom stereocenters. The summed E-state index contributed by atoms with van der Waals surface area (Å²) in [6.45, 7) is 1.94. The van der Waals surface area contributed by atoms with Gasteiger partial charge >= 0.3 is 0 Å². The molecule has 4 heterocycles. The van der Waals surface area contributed by atoms with Crippen molar-refractivity contribution in [1.29, 1.82) is 0 Å².